The molecule has 7 nitrogen and oxygen atoms in total. The Morgan fingerprint density at radius 1 is 0.717 bits per heavy atom. The molecule has 1 aliphatic heterocycles. The minimum atomic E-state index is 0.683. The summed E-state index contributed by atoms with van der Waals surface area (Å²) in [7, 11) is 2.13. The molecule has 9 aromatic rings. The van der Waals surface area contributed by atoms with E-state index in [2.05, 4.69) is 117 Å². The van der Waals surface area contributed by atoms with Crippen LogP contribution in [0.4, 0.5) is 5.82 Å². The maximum absolute atomic E-state index is 6.22. The first-order chi connectivity index (χ1) is 22.8. The van der Waals surface area contributed by atoms with Gasteiger partial charge in [-0.1, -0.05) is 78.9 Å². The normalized spacial score (nSPS) is 12.9. The molecule has 0 radical (unpaired) electrons. The largest absolute Gasteiger partial charge is 0.456 e. The Bertz CT molecular complexity index is 2700. The minimum Gasteiger partial charge on any atom is -0.456 e. The Labute approximate surface area is 263 Å². The molecule has 46 heavy (non-hydrogen) atoms. The molecule has 5 heterocycles. The van der Waals surface area contributed by atoms with Crippen LogP contribution in [0.2, 0.25) is 0 Å². The van der Waals surface area contributed by atoms with Gasteiger partial charge in [0.15, 0.2) is 0 Å². The summed E-state index contributed by atoms with van der Waals surface area (Å²) in [6, 6.07) is 36.1. The van der Waals surface area contributed by atoms with E-state index in [-0.39, 0.29) is 0 Å². The Morgan fingerprint density at radius 2 is 1.43 bits per heavy atom. The molecule has 218 valence electrons. The molecule has 1 aliphatic rings. The van der Waals surface area contributed by atoms with E-state index in [0.717, 1.165) is 77.6 Å². The van der Waals surface area contributed by atoms with Gasteiger partial charge in [-0.25, -0.2) is 15.0 Å². The van der Waals surface area contributed by atoms with Crippen molar-refractivity contribution >= 4 is 66.9 Å². The summed E-state index contributed by atoms with van der Waals surface area (Å²) in [5.41, 5.74) is 11.6. The van der Waals surface area contributed by atoms with Crippen LogP contribution in [-0.2, 0) is 13.6 Å². The van der Waals surface area contributed by atoms with E-state index in [1.165, 1.54) is 16.5 Å². The fraction of sp³-hybridized carbons (Fsp3) is 0.0513. The zero-order chi connectivity index (χ0) is 30.4. The number of furan rings is 1. The van der Waals surface area contributed by atoms with Crippen LogP contribution < -0.4 is 5.32 Å². The average molecular weight is 595 g/mol. The van der Waals surface area contributed by atoms with Gasteiger partial charge in [-0.2, -0.15) is 0 Å². The topological polar surface area (TPSA) is 73.2 Å². The lowest BCUT2D eigenvalue weighted by molar-refractivity contribution is 0.669. The van der Waals surface area contributed by atoms with Gasteiger partial charge in [0.05, 0.1) is 17.4 Å². The van der Waals surface area contributed by atoms with Crippen LogP contribution in [-0.4, -0.2) is 25.4 Å². The fourth-order valence-corrected chi connectivity index (χ4v) is 7.51. The predicted octanol–water partition coefficient (Wildman–Crippen LogP) is 9.06. The first-order valence-corrected chi connectivity index (χ1v) is 15.4. The molecular formula is C39H26N6O. The van der Waals surface area contributed by atoms with Crippen molar-refractivity contribution in [3.63, 3.8) is 0 Å². The van der Waals surface area contributed by atoms with Crippen molar-refractivity contribution in [2.24, 2.45) is 12.0 Å². The van der Waals surface area contributed by atoms with Crippen molar-refractivity contribution in [3.05, 3.63) is 121 Å². The van der Waals surface area contributed by atoms with Crippen LogP contribution in [0.1, 0.15) is 5.56 Å². The van der Waals surface area contributed by atoms with Crippen molar-refractivity contribution in [1.82, 2.24) is 24.4 Å². The Morgan fingerprint density at radius 3 is 2.24 bits per heavy atom. The number of rotatable bonds is 3. The number of benzene rings is 5. The maximum Gasteiger partial charge on any atom is 0.149 e. The molecule has 0 bridgehead atoms. The fourth-order valence-electron chi connectivity index (χ4n) is 7.51. The molecule has 0 spiro atoms. The summed E-state index contributed by atoms with van der Waals surface area (Å²) < 4.78 is 10.8. The van der Waals surface area contributed by atoms with E-state index in [1.54, 1.807) is 12.7 Å². The van der Waals surface area contributed by atoms with Crippen molar-refractivity contribution in [2.75, 3.05) is 0 Å². The van der Waals surface area contributed by atoms with Gasteiger partial charge in [0.2, 0.25) is 0 Å². The molecular weight excluding hydrogens is 568 g/mol. The zero-order valence-corrected chi connectivity index (χ0v) is 24.9. The van der Waals surface area contributed by atoms with Gasteiger partial charge in [0.25, 0.3) is 0 Å². The third-order valence-electron chi connectivity index (χ3n) is 9.37. The van der Waals surface area contributed by atoms with Gasteiger partial charge in [-0.05, 0) is 35.4 Å². The Kier molecular flexibility index (Phi) is 5.14. The molecule has 10 rings (SSSR count). The number of hydrogen-bond donors (Lipinski definition) is 1. The molecule has 0 fully saturated rings. The number of nitrogens with zero attached hydrogens (tertiary/aromatic N) is 5. The number of nitrogens with one attached hydrogen (secondary N) is 1. The summed E-state index contributed by atoms with van der Waals surface area (Å²) in [5, 5.41) is 8.84. The van der Waals surface area contributed by atoms with Crippen LogP contribution in [0.3, 0.4) is 0 Å². The molecule has 1 N–H and O–H groups in total. The Balaban J connectivity index is 1.48. The third kappa shape index (κ3) is 3.34. The smallest absolute Gasteiger partial charge is 0.149 e. The summed E-state index contributed by atoms with van der Waals surface area (Å²) in [6.07, 6.45) is 5.41. The maximum atomic E-state index is 6.22. The first kappa shape index (κ1) is 25.2. The van der Waals surface area contributed by atoms with E-state index in [0.29, 0.717) is 6.54 Å². The van der Waals surface area contributed by atoms with Crippen molar-refractivity contribution < 1.29 is 4.42 Å². The van der Waals surface area contributed by atoms with Gasteiger partial charge in [-0.15, -0.1) is 0 Å². The van der Waals surface area contributed by atoms with E-state index in [1.807, 2.05) is 18.3 Å². The average Bonchev–Trinajstić information content (AvgIpc) is 3.76. The number of aromatic nitrogens is 4. The second-order valence-electron chi connectivity index (χ2n) is 11.8. The highest BCUT2D eigenvalue weighted by molar-refractivity contribution is 6.29. The molecule has 4 aromatic heterocycles. The van der Waals surface area contributed by atoms with Gasteiger partial charge < -0.3 is 14.3 Å². The minimum absolute atomic E-state index is 0.683. The molecule has 0 amide bonds. The van der Waals surface area contributed by atoms with Gasteiger partial charge >= 0.3 is 0 Å². The van der Waals surface area contributed by atoms with Crippen LogP contribution >= 0.6 is 0 Å². The molecule has 0 saturated carbocycles. The number of aliphatic imine (C=N–C) groups is 1. The van der Waals surface area contributed by atoms with Gasteiger partial charge in [0, 0.05) is 69.1 Å². The van der Waals surface area contributed by atoms with E-state index < -0.39 is 0 Å². The second kappa shape index (κ2) is 9.39. The lowest BCUT2D eigenvalue weighted by Crippen LogP contribution is -2.14. The Hall–Kier alpha value is -6.21. The highest BCUT2D eigenvalue weighted by Gasteiger charge is 2.30. The van der Waals surface area contributed by atoms with Crippen molar-refractivity contribution in [1.29, 1.82) is 0 Å². The molecule has 7 heteroatoms. The lowest BCUT2D eigenvalue weighted by atomic mass is 9.87. The van der Waals surface area contributed by atoms with Crippen molar-refractivity contribution in [3.8, 4) is 27.9 Å². The monoisotopic (exact) mass is 594 g/mol. The zero-order valence-electron chi connectivity index (χ0n) is 24.9. The van der Waals surface area contributed by atoms with Gasteiger partial charge in [0.1, 0.15) is 29.0 Å². The first-order valence-electron chi connectivity index (χ1n) is 15.4. The van der Waals surface area contributed by atoms with E-state index in [9.17, 15) is 0 Å². The predicted molar refractivity (Wildman–Crippen MR) is 186 cm³/mol. The van der Waals surface area contributed by atoms with Crippen LogP contribution in [0.25, 0.3) is 82.7 Å². The molecule has 5 aromatic carbocycles. The van der Waals surface area contributed by atoms with Crippen LogP contribution in [0.15, 0.2) is 125 Å². The third-order valence-corrected chi connectivity index (χ3v) is 9.37. The second-order valence-corrected chi connectivity index (χ2v) is 11.8. The SMILES string of the molecule is Cn1c2c(c3c(-c4ccccc4)c(-c4ccccc4)c4c5cncnc5n(-c5ccc6oc7ccccc7c6c5)c4c31)CNC=N2. The molecule has 0 saturated heterocycles. The highest BCUT2D eigenvalue weighted by atomic mass is 16.3. The van der Waals surface area contributed by atoms with Crippen LogP contribution in [0.5, 0.6) is 0 Å². The quantitative estimate of drug-likeness (QED) is 0.221. The molecule has 0 atom stereocenters. The van der Waals surface area contributed by atoms with Gasteiger partial charge in [-0.3, -0.25) is 4.57 Å². The summed E-state index contributed by atoms with van der Waals surface area (Å²) >= 11 is 0. The summed E-state index contributed by atoms with van der Waals surface area (Å²) in [5.74, 6) is 0.955. The summed E-state index contributed by atoms with van der Waals surface area (Å²) in [6.45, 7) is 0.683. The lowest BCUT2D eigenvalue weighted by Gasteiger charge is -2.18. The molecule has 0 aliphatic carbocycles. The van der Waals surface area contributed by atoms with E-state index in [4.69, 9.17) is 14.4 Å². The highest BCUT2D eigenvalue weighted by Crippen LogP contribution is 2.51. The summed E-state index contributed by atoms with van der Waals surface area (Å²) in [4.78, 5) is 14.4. The van der Waals surface area contributed by atoms with E-state index >= 15 is 0 Å². The number of hydrogen-bond acceptors (Lipinski definition) is 5. The molecule has 0 unspecified atom stereocenters. The van der Waals surface area contributed by atoms with Crippen LogP contribution in [0, 0.1) is 0 Å². The number of fused-ring (bicyclic) bond motifs is 10. The number of aryl methyl sites for hydroxylation is 1. The van der Waals surface area contributed by atoms with Crippen molar-refractivity contribution in [2.45, 2.75) is 6.54 Å². The number of para-hydroxylation sites is 1. The standard InChI is InChI=1S/C39H26N6O/c1-44-36-34(28-19-40-21-42-38(28)44)32(23-10-4-2-5-11-23)33(24-12-6-3-7-13-24)35-29-20-41-22-43-39(29)45(37(35)36)25-16-17-31-27(18-25)26-14-8-9-15-30(26)46-31/h2-18,20-22H,19H2,1H3,(H,40,42).